The van der Waals surface area contributed by atoms with Gasteiger partial charge in [-0.15, -0.1) is 0 Å². The van der Waals surface area contributed by atoms with Gasteiger partial charge in [0.2, 0.25) is 0 Å². The minimum atomic E-state index is -0.485. The lowest BCUT2D eigenvalue weighted by Crippen LogP contribution is -2.34. The molecule has 26 heavy (non-hydrogen) atoms. The van der Waals surface area contributed by atoms with Gasteiger partial charge in [-0.1, -0.05) is 12.1 Å². The number of rotatable bonds is 7. The molecular weight excluding hydrogens is 332 g/mol. The molecule has 0 radical (unpaired) electrons. The summed E-state index contributed by atoms with van der Waals surface area (Å²) < 4.78 is 0. The summed E-state index contributed by atoms with van der Waals surface area (Å²) in [7, 11) is 7.90. The summed E-state index contributed by atoms with van der Waals surface area (Å²) in [6.45, 7) is 0.435. The van der Waals surface area contributed by atoms with E-state index in [1.54, 1.807) is 0 Å². The van der Waals surface area contributed by atoms with Gasteiger partial charge in [0, 0.05) is 44.0 Å². The monoisotopic (exact) mass is 356 g/mol. The number of non-ortho nitro benzene ring substituents is 1. The predicted octanol–water partition coefficient (Wildman–Crippen LogP) is 2.69. The van der Waals surface area contributed by atoms with Crippen LogP contribution in [-0.4, -0.2) is 50.5 Å². The van der Waals surface area contributed by atoms with Crippen molar-refractivity contribution in [2.75, 3.05) is 39.6 Å². The average Bonchev–Trinajstić information content (AvgIpc) is 2.62. The van der Waals surface area contributed by atoms with E-state index in [2.05, 4.69) is 17.4 Å². The first kappa shape index (κ1) is 19.4. The van der Waals surface area contributed by atoms with Crippen LogP contribution in [0.25, 0.3) is 0 Å². The molecule has 0 unspecified atom stereocenters. The smallest absolute Gasteiger partial charge is 0.269 e. The van der Waals surface area contributed by atoms with Gasteiger partial charge in [0.15, 0.2) is 0 Å². The number of benzene rings is 2. The Morgan fingerprint density at radius 1 is 1.04 bits per heavy atom. The maximum atomic E-state index is 12.3. The molecule has 0 heterocycles. The zero-order chi connectivity index (χ0) is 19.3. The highest BCUT2D eigenvalue weighted by Crippen LogP contribution is 2.21. The highest BCUT2D eigenvalue weighted by molar-refractivity contribution is 5.94. The molecule has 7 heteroatoms. The number of nitro groups is 1. The third kappa shape index (κ3) is 4.80. The zero-order valence-corrected chi connectivity index (χ0v) is 15.5. The summed E-state index contributed by atoms with van der Waals surface area (Å²) in [5.74, 6) is -0.253. The van der Waals surface area contributed by atoms with Crippen LogP contribution >= 0.6 is 0 Å². The standard InChI is InChI=1S/C19H24N4O3/c1-21(2)16-9-5-14(6-10-16)18(22(3)4)13-20-19(24)15-7-11-17(12-8-15)23(25)26/h5-12,18H,13H2,1-4H3,(H,20,24)/t18-/m0/s1. The van der Waals surface area contributed by atoms with Crippen LogP contribution < -0.4 is 10.2 Å². The van der Waals surface area contributed by atoms with Gasteiger partial charge >= 0.3 is 0 Å². The van der Waals surface area contributed by atoms with Crippen molar-refractivity contribution in [3.8, 4) is 0 Å². The van der Waals surface area contributed by atoms with E-state index in [0.29, 0.717) is 12.1 Å². The SMILES string of the molecule is CN(C)c1ccc([C@H](CNC(=O)c2ccc([N+](=O)[O-])cc2)N(C)C)cc1. The van der Waals surface area contributed by atoms with Crippen molar-refractivity contribution in [3.63, 3.8) is 0 Å². The molecule has 1 N–H and O–H groups in total. The number of nitro benzene ring substituents is 1. The van der Waals surface area contributed by atoms with Crippen molar-refractivity contribution >= 4 is 17.3 Å². The Bertz CT molecular complexity index is 755. The van der Waals surface area contributed by atoms with Gasteiger partial charge in [0.1, 0.15) is 0 Å². The molecule has 0 fully saturated rings. The Balaban J connectivity index is 2.05. The van der Waals surface area contributed by atoms with Crippen molar-refractivity contribution in [1.29, 1.82) is 0 Å². The van der Waals surface area contributed by atoms with Crippen LogP contribution in [-0.2, 0) is 0 Å². The number of amides is 1. The third-order valence-electron chi connectivity index (χ3n) is 4.21. The van der Waals surface area contributed by atoms with Crippen molar-refractivity contribution in [3.05, 3.63) is 69.8 Å². The third-order valence-corrected chi connectivity index (χ3v) is 4.21. The largest absolute Gasteiger partial charge is 0.378 e. The maximum Gasteiger partial charge on any atom is 0.269 e. The molecule has 0 aliphatic heterocycles. The van der Waals surface area contributed by atoms with E-state index in [4.69, 9.17) is 0 Å². The van der Waals surface area contributed by atoms with E-state index in [1.165, 1.54) is 24.3 Å². The highest BCUT2D eigenvalue weighted by Gasteiger charge is 2.16. The molecule has 2 aromatic rings. The first-order valence-electron chi connectivity index (χ1n) is 8.26. The molecule has 0 bridgehead atoms. The van der Waals surface area contributed by atoms with Gasteiger partial charge in [-0.2, -0.15) is 0 Å². The molecule has 0 aliphatic rings. The Morgan fingerprint density at radius 3 is 2.08 bits per heavy atom. The summed E-state index contributed by atoms with van der Waals surface area (Å²) >= 11 is 0. The Labute approximate surface area is 153 Å². The summed E-state index contributed by atoms with van der Waals surface area (Å²) in [4.78, 5) is 26.6. The van der Waals surface area contributed by atoms with Crippen molar-refractivity contribution < 1.29 is 9.72 Å². The van der Waals surface area contributed by atoms with Crippen LogP contribution in [0.1, 0.15) is 22.0 Å². The molecule has 7 nitrogen and oxygen atoms in total. The first-order valence-corrected chi connectivity index (χ1v) is 8.26. The summed E-state index contributed by atoms with van der Waals surface area (Å²) in [5.41, 5.74) is 2.58. The second-order valence-electron chi connectivity index (χ2n) is 6.48. The van der Waals surface area contributed by atoms with Gasteiger partial charge in [0.05, 0.1) is 11.0 Å². The number of hydrogen-bond acceptors (Lipinski definition) is 5. The number of hydrogen-bond donors (Lipinski definition) is 1. The summed E-state index contributed by atoms with van der Waals surface area (Å²) in [6, 6.07) is 13.8. The normalized spacial score (nSPS) is 11.9. The van der Waals surface area contributed by atoms with E-state index >= 15 is 0 Å². The molecule has 0 saturated heterocycles. The molecule has 2 aromatic carbocycles. The lowest BCUT2D eigenvalue weighted by molar-refractivity contribution is -0.384. The maximum absolute atomic E-state index is 12.3. The van der Waals surface area contributed by atoms with Crippen LogP contribution in [0.15, 0.2) is 48.5 Å². The van der Waals surface area contributed by atoms with Crippen molar-refractivity contribution in [2.24, 2.45) is 0 Å². The van der Waals surface area contributed by atoms with E-state index in [-0.39, 0.29) is 17.6 Å². The van der Waals surface area contributed by atoms with Gasteiger partial charge in [-0.25, -0.2) is 0 Å². The number of carbonyl (C=O) groups is 1. The molecule has 138 valence electrons. The predicted molar refractivity (Wildman–Crippen MR) is 103 cm³/mol. The van der Waals surface area contributed by atoms with E-state index in [1.807, 2.05) is 50.1 Å². The van der Waals surface area contributed by atoms with Gasteiger partial charge in [-0.05, 0) is 43.9 Å². The highest BCUT2D eigenvalue weighted by atomic mass is 16.6. The molecule has 0 aliphatic carbocycles. The Hall–Kier alpha value is -2.93. The molecule has 1 amide bonds. The number of nitrogens with zero attached hydrogens (tertiary/aromatic N) is 3. The average molecular weight is 356 g/mol. The fourth-order valence-corrected chi connectivity index (χ4v) is 2.62. The van der Waals surface area contributed by atoms with Crippen LogP contribution in [0.3, 0.4) is 0 Å². The van der Waals surface area contributed by atoms with E-state index in [9.17, 15) is 14.9 Å². The minimum absolute atomic E-state index is 0.0215. The summed E-state index contributed by atoms with van der Waals surface area (Å²) in [6.07, 6.45) is 0. The molecule has 2 rings (SSSR count). The van der Waals surface area contributed by atoms with E-state index in [0.717, 1.165) is 11.3 Å². The van der Waals surface area contributed by atoms with Crippen LogP contribution in [0.4, 0.5) is 11.4 Å². The fourth-order valence-electron chi connectivity index (χ4n) is 2.62. The second-order valence-corrected chi connectivity index (χ2v) is 6.48. The molecule has 0 saturated carbocycles. The first-order chi connectivity index (χ1) is 12.3. The topological polar surface area (TPSA) is 78.7 Å². The number of carbonyl (C=O) groups excluding carboxylic acids is 1. The van der Waals surface area contributed by atoms with E-state index < -0.39 is 4.92 Å². The lowest BCUT2D eigenvalue weighted by atomic mass is 10.0. The molecule has 0 aromatic heterocycles. The minimum Gasteiger partial charge on any atom is -0.378 e. The van der Waals surface area contributed by atoms with Gasteiger partial charge in [0.25, 0.3) is 11.6 Å². The number of likely N-dealkylation sites (N-methyl/N-ethyl adjacent to an activating group) is 1. The Morgan fingerprint density at radius 2 is 1.62 bits per heavy atom. The second kappa shape index (κ2) is 8.44. The van der Waals surface area contributed by atoms with Gasteiger partial charge in [-0.3, -0.25) is 14.9 Å². The van der Waals surface area contributed by atoms with Gasteiger partial charge < -0.3 is 15.1 Å². The fraction of sp³-hybridized carbons (Fsp3) is 0.316. The quantitative estimate of drug-likeness (QED) is 0.609. The van der Waals surface area contributed by atoms with Crippen molar-refractivity contribution in [1.82, 2.24) is 10.2 Å². The van der Waals surface area contributed by atoms with Crippen LogP contribution in [0.2, 0.25) is 0 Å². The van der Waals surface area contributed by atoms with Crippen LogP contribution in [0.5, 0.6) is 0 Å². The molecular formula is C19H24N4O3. The number of nitrogens with one attached hydrogen (secondary N) is 1. The summed E-state index contributed by atoms with van der Waals surface area (Å²) in [5, 5.41) is 13.6. The molecule has 1 atom stereocenters. The zero-order valence-electron chi connectivity index (χ0n) is 15.5. The number of anilines is 1. The van der Waals surface area contributed by atoms with Crippen LogP contribution in [0, 0.1) is 10.1 Å². The lowest BCUT2D eigenvalue weighted by Gasteiger charge is -2.25. The Kier molecular flexibility index (Phi) is 6.30. The molecule has 0 spiro atoms. The van der Waals surface area contributed by atoms with Crippen molar-refractivity contribution in [2.45, 2.75) is 6.04 Å².